The molecule has 144 valence electrons. The summed E-state index contributed by atoms with van der Waals surface area (Å²) in [4.78, 5) is 12.3. The van der Waals surface area contributed by atoms with Gasteiger partial charge in [0.05, 0.1) is 6.54 Å². The van der Waals surface area contributed by atoms with Gasteiger partial charge in [-0.15, -0.1) is 15.3 Å². The summed E-state index contributed by atoms with van der Waals surface area (Å²) in [6.07, 6.45) is 1.71. The fourth-order valence-electron chi connectivity index (χ4n) is 2.83. The molecule has 8 heteroatoms. The van der Waals surface area contributed by atoms with E-state index < -0.39 is 0 Å². The van der Waals surface area contributed by atoms with Crippen LogP contribution in [0.15, 0.2) is 63.1 Å². The number of fused-ring (bicyclic) bond motifs is 1. The maximum absolute atomic E-state index is 12.3. The minimum absolute atomic E-state index is 0.102. The van der Waals surface area contributed by atoms with Gasteiger partial charge in [0.2, 0.25) is 5.89 Å². The second-order valence-electron chi connectivity index (χ2n) is 7.48. The molecule has 0 saturated carbocycles. The molecule has 4 rings (SSSR count). The highest BCUT2D eigenvalue weighted by Gasteiger charge is 2.15. The molecule has 0 unspecified atom stereocenters. The third-order valence-corrected chi connectivity index (χ3v) is 5.22. The Balaban J connectivity index is 1.41. The number of hydrogen-bond donors (Lipinski definition) is 0. The molecule has 0 radical (unpaired) electrons. The standard InChI is InChI=1S/C20H21N5O2S/c1-20(2,3)15-9-7-14(8-10-15)17-21-22-18(27-17)28-13-12-25-19(26)24-11-5-4-6-16(24)23-25/h4-11H,12-13H2,1-3H3. The van der Waals surface area contributed by atoms with Gasteiger partial charge in [0.1, 0.15) is 0 Å². The van der Waals surface area contributed by atoms with Crippen molar-refractivity contribution in [3.63, 3.8) is 0 Å². The van der Waals surface area contributed by atoms with E-state index >= 15 is 0 Å². The molecule has 1 aromatic carbocycles. The minimum atomic E-state index is -0.152. The molecule has 0 atom stereocenters. The molecular formula is C20H21N5O2S. The summed E-state index contributed by atoms with van der Waals surface area (Å²) in [6, 6.07) is 13.6. The first-order valence-corrected chi connectivity index (χ1v) is 10.0. The highest BCUT2D eigenvalue weighted by molar-refractivity contribution is 7.99. The average molecular weight is 395 g/mol. The van der Waals surface area contributed by atoms with E-state index in [9.17, 15) is 4.79 Å². The summed E-state index contributed by atoms with van der Waals surface area (Å²) in [5, 5.41) is 13.0. The highest BCUT2D eigenvalue weighted by Crippen LogP contribution is 2.27. The van der Waals surface area contributed by atoms with Crippen LogP contribution in [0.25, 0.3) is 17.1 Å². The molecule has 0 aliphatic heterocycles. The number of nitrogens with zero attached hydrogens (tertiary/aromatic N) is 5. The van der Waals surface area contributed by atoms with E-state index in [1.54, 1.807) is 12.3 Å². The van der Waals surface area contributed by atoms with E-state index in [4.69, 9.17) is 4.42 Å². The van der Waals surface area contributed by atoms with Gasteiger partial charge < -0.3 is 4.42 Å². The number of pyridine rings is 1. The van der Waals surface area contributed by atoms with Crippen LogP contribution in [0.1, 0.15) is 26.3 Å². The van der Waals surface area contributed by atoms with Crippen LogP contribution in [0.2, 0.25) is 0 Å². The Morgan fingerprint density at radius 2 is 1.86 bits per heavy atom. The molecule has 0 spiro atoms. The van der Waals surface area contributed by atoms with E-state index in [0.717, 1.165) is 5.56 Å². The normalized spacial score (nSPS) is 12.0. The lowest BCUT2D eigenvalue weighted by Crippen LogP contribution is -2.21. The van der Waals surface area contributed by atoms with Crippen LogP contribution in [-0.2, 0) is 12.0 Å². The Morgan fingerprint density at radius 3 is 2.57 bits per heavy atom. The maximum Gasteiger partial charge on any atom is 0.350 e. The van der Waals surface area contributed by atoms with Crippen molar-refractivity contribution in [1.29, 1.82) is 0 Å². The van der Waals surface area contributed by atoms with E-state index in [1.165, 1.54) is 26.4 Å². The zero-order valence-corrected chi connectivity index (χ0v) is 16.8. The molecular weight excluding hydrogens is 374 g/mol. The molecule has 28 heavy (non-hydrogen) atoms. The zero-order chi connectivity index (χ0) is 19.7. The second-order valence-corrected chi connectivity index (χ2v) is 8.53. The molecule has 3 aromatic heterocycles. The third kappa shape index (κ3) is 3.73. The summed E-state index contributed by atoms with van der Waals surface area (Å²) in [7, 11) is 0. The Morgan fingerprint density at radius 1 is 1.07 bits per heavy atom. The Labute approximate surface area is 166 Å². The zero-order valence-electron chi connectivity index (χ0n) is 16.0. The third-order valence-electron chi connectivity index (χ3n) is 4.42. The first kappa shape index (κ1) is 18.5. The molecule has 0 bridgehead atoms. The van der Waals surface area contributed by atoms with Crippen molar-refractivity contribution in [2.45, 2.75) is 38.0 Å². The van der Waals surface area contributed by atoms with Gasteiger partial charge in [-0.1, -0.05) is 50.7 Å². The summed E-state index contributed by atoms with van der Waals surface area (Å²) in [6.45, 7) is 7.00. The Bertz CT molecular complexity index is 1150. The van der Waals surface area contributed by atoms with Crippen LogP contribution in [-0.4, -0.2) is 30.1 Å². The van der Waals surface area contributed by atoms with Crippen molar-refractivity contribution in [1.82, 2.24) is 24.4 Å². The van der Waals surface area contributed by atoms with Gasteiger partial charge in [-0.2, -0.15) is 0 Å². The van der Waals surface area contributed by atoms with E-state index in [2.05, 4.69) is 48.2 Å². The predicted molar refractivity (Wildman–Crippen MR) is 109 cm³/mol. The van der Waals surface area contributed by atoms with Gasteiger partial charge in [0, 0.05) is 17.5 Å². The number of benzene rings is 1. The average Bonchev–Trinajstić information content (AvgIpc) is 3.27. The Hall–Kier alpha value is -2.87. The predicted octanol–water partition coefficient (Wildman–Crippen LogP) is 3.64. The fourth-order valence-corrected chi connectivity index (χ4v) is 3.51. The molecule has 0 amide bonds. The fraction of sp³-hybridized carbons (Fsp3) is 0.300. The van der Waals surface area contributed by atoms with Crippen LogP contribution in [0.5, 0.6) is 0 Å². The van der Waals surface area contributed by atoms with Crippen molar-refractivity contribution in [2.24, 2.45) is 0 Å². The number of aromatic nitrogens is 5. The van der Waals surface area contributed by atoms with Gasteiger partial charge in [-0.25, -0.2) is 9.48 Å². The van der Waals surface area contributed by atoms with E-state index in [1.807, 2.05) is 24.3 Å². The highest BCUT2D eigenvalue weighted by atomic mass is 32.2. The van der Waals surface area contributed by atoms with Crippen LogP contribution < -0.4 is 5.69 Å². The molecule has 3 heterocycles. The first-order valence-electron chi connectivity index (χ1n) is 9.03. The van der Waals surface area contributed by atoms with Crippen LogP contribution in [0, 0.1) is 0 Å². The van der Waals surface area contributed by atoms with Crippen molar-refractivity contribution in [3.05, 3.63) is 64.7 Å². The summed E-state index contributed by atoms with van der Waals surface area (Å²) < 4.78 is 8.72. The van der Waals surface area contributed by atoms with Crippen molar-refractivity contribution < 1.29 is 4.42 Å². The topological polar surface area (TPSA) is 78.2 Å². The molecule has 0 fully saturated rings. The van der Waals surface area contributed by atoms with Crippen molar-refractivity contribution in [3.8, 4) is 11.5 Å². The molecule has 4 aromatic rings. The van der Waals surface area contributed by atoms with Crippen molar-refractivity contribution >= 4 is 17.4 Å². The van der Waals surface area contributed by atoms with Gasteiger partial charge >= 0.3 is 5.69 Å². The lowest BCUT2D eigenvalue weighted by Gasteiger charge is -2.18. The van der Waals surface area contributed by atoms with E-state index in [-0.39, 0.29) is 11.1 Å². The summed E-state index contributed by atoms with van der Waals surface area (Å²) in [5.74, 6) is 1.10. The lowest BCUT2D eigenvalue weighted by atomic mass is 9.87. The van der Waals surface area contributed by atoms with Crippen LogP contribution in [0.3, 0.4) is 0 Å². The quantitative estimate of drug-likeness (QED) is 0.480. The van der Waals surface area contributed by atoms with Gasteiger partial charge in [-0.3, -0.25) is 4.40 Å². The Kier molecular flexibility index (Phi) is 4.80. The number of hydrogen-bond acceptors (Lipinski definition) is 6. The van der Waals surface area contributed by atoms with Gasteiger partial charge in [-0.05, 0) is 35.2 Å². The second kappa shape index (κ2) is 7.27. The molecule has 0 N–H and O–H groups in total. The van der Waals surface area contributed by atoms with Crippen molar-refractivity contribution in [2.75, 3.05) is 5.75 Å². The smallest absolute Gasteiger partial charge is 0.350 e. The minimum Gasteiger partial charge on any atom is -0.411 e. The largest absolute Gasteiger partial charge is 0.411 e. The monoisotopic (exact) mass is 395 g/mol. The van der Waals surface area contributed by atoms with Gasteiger partial charge in [0.15, 0.2) is 5.65 Å². The lowest BCUT2D eigenvalue weighted by molar-refractivity contribution is 0.465. The van der Waals surface area contributed by atoms with Crippen LogP contribution in [0.4, 0.5) is 0 Å². The van der Waals surface area contributed by atoms with E-state index in [0.29, 0.717) is 29.1 Å². The number of thioether (sulfide) groups is 1. The first-order chi connectivity index (χ1) is 13.4. The SMILES string of the molecule is CC(C)(C)c1ccc(-c2nnc(SCCn3nc4ccccn4c3=O)o2)cc1. The summed E-state index contributed by atoms with van der Waals surface area (Å²) in [5.41, 5.74) is 2.73. The molecule has 0 aliphatic rings. The number of rotatable bonds is 5. The molecule has 0 aliphatic carbocycles. The maximum atomic E-state index is 12.3. The molecule has 7 nitrogen and oxygen atoms in total. The number of aryl methyl sites for hydroxylation is 1. The van der Waals surface area contributed by atoms with Crippen LogP contribution >= 0.6 is 11.8 Å². The van der Waals surface area contributed by atoms with Gasteiger partial charge in [0.25, 0.3) is 5.22 Å². The summed E-state index contributed by atoms with van der Waals surface area (Å²) >= 11 is 1.41. The molecule has 0 saturated heterocycles.